The van der Waals surface area contributed by atoms with Crippen LogP contribution in [0.15, 0.2) is 0 Å². The van der Waals surface area contributed by atoms with Crippen LogP contribution in [-0.2, 0) is 11.3 Å². The number of aromatic amines is 1. The molecule has 0 saturated carbocycles. The van der Waals surface area contributed by atoms with E-state index in [1.165, 1.54) is 0 Å². The maximum Gasteiger partial charge on any atom is 0.225 e. The highest BCUT2D eigenvalue weighted by Crippen LogP contribution is 2.13. The van der Waals surface area contributed by atoms with Crippen LogP contribution in [0.4, 0.5) is 5.95 Å². The molecule has 5 nitrogen and oxygen atoms in total. The van der Waals surface area contributed by atoms with Gasteiger partial charge < -0.3 is 9.64 Å². The van der Waals surface area contributed by atoms with E-state index in [0.29, 0.717) is 4.77 Å². The molecule has 0 atom stereocenters. The number of nitrogens with zero attached hydrogens (tertiary/aromatic N) is 3. The Kier molecular flexibility index (Phi) is 3.37. The number of H-pyrrole nitrogens is 1. The highest BCUT2D eigenvalue weighted by molar-refractivity contribution is 7.71. The zero-order valence-corrected chi connectivity index (χ0v) is 9.72. The monoisotopic (exact) mass is 228 g/mol. The van der Waals surface area contributed by atoms with Crippen molar-refractivity contribution >= 4 is 18.2 Å². The van der Waals surface area contributed by atoms with E-state index in [1.807, 2.05) is 4.57 Å². The highest BCUT2D eigenvalue weighted by Gasteiger charge is 2.15. The first kappa shape index (κ1) is 10.6. The van der Waals surface area contributed by atoms with Gasteiger partial charge >= 0.3 is 0 Å². The Bertz CT molecular complexity index is 364. The van der Waals surface area contributed by atoms with Crippen LogP contribution in [0.2, 0.25) is 0 Å². The Morgan fingerprint density at radius 3 is 3.13 bits per heavy atom. The van der Waals surface area contributed by atoms with Crippen molar-refractivity contribution in [2.45, 2.75) is 19.9 Å². The number of anilines is 1. The van der Waals surface area contributed by atoms with E-state index in [9.17, 15) is 0 Å². The molecule has 1 aromatic rings. The second-order valence-electron chi connectivity index (χ2n) is 3.53. The van der Waals surface area contributed by atoms with Gasteiger partial charge in [0.1, 0.15) is 0 Å². The summed E-state index contributed by atoms with van der Waals surface area (Å²) in [6.07, 6.45) is 1.04. The van der Waals surface area contributed by atoms with E-state index < -0.39 is 0 Å². The van der Waals surface area contributed by atoms with Crippen LogP contribution in [0.1, 0.15) is 13.3 Å². The third kappa shape index (κ3) is 2.21. The van der Waals surface area contributed by atoms with Gasteiger partial charge in [-0.25, -0.2) is 5.10 Å². The van der Waals surface area contributed by atoms with E-state index in [0.717, 1.165) is 45.2 Å². The summed E-state index contributed by atoms with van der Waals surface area (Å²) in [5.74, 6) is 0.938. The zero-order chi connectivity index (χ0) is 10.7. The number of hydrogen-bond donors (Lipinski definition) is 1. The molecule has 1 aromatic heterocycles. The van der Waals surface area contributed by atoms with Crippen molar-refractivity contribution in [1.29, 1.82) is 0 Å². The standard InChI is InChI=1S/C9H16N4OS/c1-2-13-8(10-11-9(13)15)12-4-3-6-14-7-5-12/h2-7H2,1H3,(H,11,15). The van der Waals surface area contributed by atoms with Crippen LogP contribution >= 0.6 is 12.2 Å². The number of nitrogens with one attached hydrogen (secondary N) is 1. The van der Waals surface area contributed by atoms with Crippen molar-refractivity contribution in [2.75, 3.05) is 31.2 Å². The molecule has 0 aromatic carbocycles. The topological polar surface area (TPSA) is 46.1 Å². The Hall–Kier alpha value is -0.880. The third-order valence-corrected chi connectivity index (χ3v) is 2.87. The number of aromatic nitrogens is 3. The Morgan fingerprint density at radius 1 is 1.47 bits per heavy atom. The average Bonchev–Trinajstić information content (AvgIpc) is 2.48. The van der Waals surface area contributed by atoms with Crippen LogP contribution < -0.4 is 4.90 Å². The fourth-order valence-electron chi connectivity index (χ4n) is 1.78. The summed E-state index contributed by atoms with van der Waals surface area (Å²) in [5, 5.41) is 7.11. The molecule has 0 amide bonds. The summed E-state index contributed by atoms with van der Waals surface area (Å²) in [5.41, 5.74) is 0. The van der Waals surface area contributed by atoms with E-state index >= 15 is 0 Å². The molecule has 1 fully saturated rings. The maximum atomic E-state index is 5.41. The molecule has 0 unspecified atom stereocenters. The zero-order valence-electron chi connectivity index (χ0n) is 8.90. The molecular weight excluding hydrogens is 212 g/mol. The van der Waals surface area contributed by atoms with Crippen molar-refractivity contribution in [2.24, 2.45) is 0 Å². The van der Waals surface area contributed by atoms with Crippen LogP contribution in [0.3, 0.4) is 0 Å². The van der Waals surface area contributed by atoms with Crippen molar-refractivity contribution in [1.82, 2.24) is 14.8 Å². The SMILES string of the molecule is CCn1c(N2CCCOCC2)n[nH]c1=S. The second-order valence-corrected chi connectivity index (χ2v) is 3.91. The summed E-state index contributed by atoms with van der Waals surface area (Å²) in [7, 11) is 0. The molecule has 2 rings (SSSR count). The minimum absolute atomic E-state index is 0.692. The smallest absolute Gasteiger partial charge is 0.225 e. The summed E-state index contributed by atoms with van der Waals surface area (Å²) < 4.78 is 8.12. The largest absolute Gasteiger partial charge is 0.380 e. The molecule has 6 heteroatoms. The lowest BCUT2D eigenvalue weighted by atomic mass is 10.4. The van der Waals surface area contributed by atoms with Crippen LogP contribution in [0, 0.1) is 4.77 Å². The van der Waals surface area contributed by atoms with E-state index in [4.69, 9.17) is 17.0 Å². The summed E-state index contributed by atoms with van der Waals surface area (Å²) >= 11 is 5.16. The molecule has 1 aliphatic heterocycles. The first-order valence-electron chi connectivity index (χ1n) is 5.31. The first-order chi connectivity index (χ1) is 7.33. The van der Waals surface area contributed by atoms with Gasteiger partial charge in [-0.1, -0.05) is 0 Å². The maximum absolute atomic E-state index is 5.41. The van der Waals surface area contributed by atoms with Gasteiger partial charge in [-0.05, 0) is 25.6 Å². The molecule has 0 bridgehead atoms. The molecule has 84 valence electrons. The number of ether oxygens (including phenoxy) is 1. The summed E-state index contributed by atoms with van der Waals surface area (Å²) in [6, 6.07) is 0. The molecule has 0 radical (unpaired) electrons. The van der Waals surface area contributed by atoms with Gasteiger partial charge in [-0.3, -0.25) is 4.57 Å². The Labute approximate surface area is 94.0 Å². The van der Waals surface area contributed by atoms with E-state index in [2.05, 4.69) is 22.0 Å². The van der Waals surface area contributed by atoms with Crippen LogP contribution in [-0.4, -0.2) is 41.1 Å². The molecule has 2 heterocycles. The van der Waals surface area contributed by atoms with Crippen LogP contribution in [0.25, 0.3) is 0 Å². The molecule has 0 spiro atoms. The van der Waals surface area contributed by atoms with Gasteiger partial charge in [0.2, 0.25) is 5.95 Å². The molecule has 15 heavy (non-hydrogen) atoms. The Morgan fingerprint density at radius 2 is 2.33 bits per heavy atom. The first-order valence-corrected chi connectivity index (χ1v) is 5.71. The summed E-state index contributed by atoms with van der Waals surface area (Å²) in [4.78, 5) is 2.22. The fraction of sp³-hybridized carbons (Fsp3) is 0.778. The lowest BCUT2D eigenvalue weighted by Gasteiger charge is -2.20. The predicted octanol–water partition coefficient (Wildman–Crippen LogP) is 1.19. The van der Waals surface area contributed by atoms with Gasteiger partial charge in [0.25, 0.3) is 0 Å². The van der Waals surface area contributed by atoms with Crippen molar-refractivity contribution in [3.8, 4) is 0 Å². The van der Waals surface area contributed by atoms with Gasteiger partial charge in [0.05, 0.1) is 6.61 Å². The molecule has 0 aliphatic carbocycles. The minimum Gasteiger partial charge on any atom is -0.380 e. The van der Waals surface area contributed by atoms with Crippen molar-refractivity contribution in [3.63, 3.8) is 0 Å². The molecule has 1 N–H and O–H groups in total. The second kappa shape index (κ2) is 4.76. The third-order valence-electron chi connectivity index (χ3n) is 2.56. The van der Waals surface area contributed by atoms with Crippen molar-refractivity contribution < 1.29 is 4.74 Å². The Balaban J connectivity index is 2.23. The average molecular weight is 228 g/mol. The van der Waals surface area contributed by atoms with Gasteiger partial charge in [-0.15, -0.1) is 5.10 Å². The lowest BCUT2D eigenvalue weighted by molar-refractivity contribution is 0.152. The number of hydrogen-bond acceptors (Lipinski definition) is 4. The van der Waals surface area contributed by atoms with E-state index in [-0.39, 0.29) is 0 Å². The van der Waals surface area contributed by atoms with Crippen molar-refractivity contribution in [3.05, 3.63) is 4.77 Å². The van der Waals surface area contributed by atoms with E-state index in [1.54, 1.807) is 0 Å². The van der Waals surface area contributed by atoms with Gasteiger partial charge in [0, 0.05) is 26.2 Å². The van der Waals surface area contributed by atoms with Gasteiger partial charge in [0.15, 0.2) is 4.77 Å². The quantitative estimate of drug-likeness (QED) is 0.772. The molecular formula is C9H16N4OS. The predicted molar refractivity (Wildman–Crippen MR) is 60.7 cm³/mol. The molecule has 1 saturated heterocycles. The normalized spacial score (nSPS) is 17.8. The number of rotatable bonds is 2. The summed E-state index contributed by atoms with van der Waals surface area (Å²) in [6.45, 7) is 6.40. The lowest BCUT2D eigenvalue weighted by Crippen LogP contribution is -2.28. The molecule has 1 aliphatic rings. The van der Waals surface area contributed by atoms with Gasteiger partial charge in [-0.2, -0.15) is 0 Å². The minimum atomic E-state index is 0.692. The fourth-order valence-corrected chi connectivity index (χ4v) is 2.04. The van der Waals surface area contributed by atoms with Crippen LogP contribution in [0.5, 0.6) is 0 Å². The highest BCUT2D eigenvalue weighted by atomic mass is 32.1.